The molecule has 0 unspecified atom stereocenters. The van der Waals surface area contributed by atoms with E-state index in [4.69, 9.17) is 10.8 Å². The zero-order chi connectivity index (χ0) is 14.1. The van der Waals surface area contributed by atoms with E-state index >= 15 is 0 Å². The third kappa shape index (κ3) is 2.23. The van der Waals surface area contributed by atoms with Crippen LogP contribution in [0.1, 0.15) is 15.9 Å². The minimum Gasteiger partial charge on any atom is -0.478 e. The zero-order valence-corrected chi connectivity index (χ0v) is 10.8. The van der Waals surface area contributed by atoms with Crippen molar-refractivity contribution in [2.45, 2.75) is 6.54 Å². The van der Waals surface area contributed by atoms with E-state index in [1.54, 1.807) is 12.1 Å². The van der Waals surface area contributed by atoms with Crippen molar-refractivity contribution >= 4 is 22.6 Å². The highest BCUT2D eigenvalue weighted by Gasteiger charge is 2.04. The topological polar surface area (TPSA) is 68.2 Å². The highest BCUT2D eigenvalue weighted by Crippen LogP contribution is 2.20. The third-order valence-corrected chi connectivity index (χ3v) is 3.35. The fraction of sp³-hybridized carbons (Fsp3) is 0.0625. The number of rotatable bonds is 3. The Balaban J connectivity index is 1.91. The van der Waals surface area contributed by atoms with Crippen LogP contribution >= 0.6 is 0 Å². The first-order valence-corrected chi connectivity index (χ1v) is 6.30. The molecule has 0 saturated carbocycles. The van der Waals surface area contributed by atoms with Gasteiger partial charge in [0, 0.05) is 29.3 Å². The van der Waals surface area contributed by atoms with Gasteiger partial charge < -0.3 is 15.4 Å². The highest BCUT2D eigenvalue weighted by molar-refractivity contribution is 5.87. The van der Waals surface area contributed by atoms with Crippen molar-refractivity contribution in [2.75, 3.05) is 5.73 Å². The number of hydrogen-bond acceptors (Lipinski definition) is 2. The Morgan fingerprint density at radius 1 is 1.10 bits per heavy atom. The molecular weight excluding hydrogens is 252 g/mol. The molecule has 100 valence electrons. The summed E-state index contributed by atoms with van der Waals surface area (Å²) in [5.74, 6) is -0.904. The minimum atomic E-state index is -0.904. The lowest BCUT2D eigenvalue weighted by molar-refractivity contribution is 0.0697. The molecule has 0 saturated heterocycles. The molecule has 4 nitrogen and oxygen atoms in total. The van der Waals surface area contributed by atoms with Crippen LogP contribution in [0.2, 0.25) is 0 Å². The van der Waals surface area contributed by atoms with E-state index in [1.165, 1.54) is 0 Å². The first-order chi connectivity index (χ1) is 9.63. The summed E-state index contributed by atoms with van der Waals surface area (Å²) in [5.41, 5.74) is 8.99. The summed E-state index contributed by atoms with van der Waals surface area (Å²) >= 11 is 0. The maximum absolute atomic E-state index is 10.8. The van der Waals surface area contributed by atoms with E-state index in [2.05, 4.69) is 4.57 Å². The summed E-state index contributed by atoms with van der Waals surface area (Å²) in [6.07, 6.45) is 2.01. The van der Waals surface area contributed by atoms with Gasteiger partial charge in [-0.15, -0.1) is 0 Å². The number of carboxylic acids is 1. The van der Waals surface area contributed by atoms with Gasteiger partial charge in [-0.25, -0.2) is 4.79 Å². The van der Waals surface area contributed by atoms with Gasteiger partial charge >= 0.3 is 5.97 Å². The Morgan fingerprint density at radius 3 is 2.55 bits per heavy atom. The third-order valence-electron chi connectivity index (χ3n) is 3.35. The van der Waals surface area contributed by atoms with Gasteiger partial charge in [0.25, 0.3) is 0 Å². The predicted molar refractivity (Wildman–Crippen MR) is 78.9 cm³/mol. The Morgan fingerprint density at radius 2 is 1.85 bits per heavy atom. The molecule has 4 heteroatoms. The predicted octanol–water partition coefficient (Wildman–Crippen LogP) is 2.97. The van der Waals surface area contributed by atoms with E-state index in [0.717, 1.165) is 22.2 Å². The maximum Gasteiger partial charge on any atom is 0.335 e. The minimum absolute atomic E-state index is 0.305. The quantitative estimate of drug-likeness (QED) is 0.716. The van der Waals surface area contributed by atoms with Crippen molar-refractivity contribution < 1.29 is 9.90 Å². The molecule has 0 radical (unpaired) electrons. The highest BCUT2D eigenvalue weighted by atomic mass is 16.4. The summed E-state index contributed by atoms with van der Waals surface area (Å²) < 4.78 is 2.12. The fourth-order valence-corrected chi connectivity index (χ4v) is 2.31. The van der Waals surface area contributed by atoms with E-state index in [-0.39, 0.29) is 0 Å². The van der Waals surface area contributed by atoms with Gasteiger partial charge in [-0.2, -0.15) is 0 Å². The summed E-state index contributed by atoms with van der Waals surface area (Å²) in [6, 6.07) is 14.8. The number of fused-ring (bicyclic) bond motifs is 1. The number of nitrogen functional groups attached to an aromatic ring is 1. The molecule has 1 heterocycles. The number of aromatic carboxylic acids is 1. The van der Waals surface area contributed by atoms with Crippen molar-refractivity contribution in [3.63, 3.8) is 0 Å². The standard InChI is InChI=1S/C16H14N2O2/c17-14-5-6-15-13(9-14)7-8-18(15)10-11-1-3-12(4-2-11)16(19)20/h1-9H,10,17H2,(H,19,20). The summed E-state index contributed by atoms with van der Waals surface area (Å²) in [5, 5.41) is 9.99. The summed E-state index contributed by atoms with van der Waals surface area (Å²) in [6.45, 7) is 0.702. The second kappa shape index (κ2) is 4.74. The van der Waals surface area contributed by atoms with Gasteiger partial charge in [0.05, 0.1) is 5.56 Å². The van der Waals surface area contributed by atoms with Crippen LogP contribution < -0.4 is 5.73 Å². The van der Waals surface area contributed by atoms with Crippen LogP contribution in [0.25, 0.3) is 10.9 Å². The van der Waals surface area contributed by atoms with Crippen LogP contribution in [0.5, 0.6) is 0 Å². The van der Waals surface area contributed by atoms with Crippen LogP contribution in [0.4, 0.5) is 5.69 Å². The second-order valence-corrected chi connectivity index (χ2v) is 4.76. The average molecular weight is 266 g/mol. The average Bonchev–Trinajstić information content (AvgIpc) is 2.81. The van der Waals surface area contributed by atoms with Crippen molar-refractivity contribution in [1.29, 1.82) is 0 Å². The molecule has 1 aromatic heterocycles. The number of nitrogens with zero attached hydrogens (tertiary/aromatic N) is 1. The van der Waals surface area contributed by atoms with Gasteiger partial charge in [0.1, 0.15) is 0 Å². The molecule has 0 atom stereocenters. The number of benzene rings is 2. The number of anilines is 1. The van der Waals surface area contributed by atoms with Crippen LogP contribution in [0.15, 0.2) is 54.7 Å². The molecule has 0 aliphatic carbocycles. The van der Waals surface area contributed by atoms with E-state index < -0.39 is 5.97 Å². The Bertz CT molecular complexity index is 773. The van der Waals surface area contributed by atoms with E-state index in [1.807, 2.05) is 42.6 Å². The van der Waals surface area contributed by atoms with Crippen molar-refractivity contribution in [1.82, 2.24) is 4.57 Å². The van der Waals surface area contributed by atoms with E-state index in [0.29, 0.717) is 12.1 Å². The van der Waals surface area contributed by atoms with Crippen molar-refractivity contribution in [3.05, 3.63) is 65.9 Å². The number of carbonyl (C=O) groups is 1. The lowest BCUT2D eigenvalue weighted by Gasteiger charge is -2.06. The molecule has 0 fully saturated rings. The van der Waals surface area contributed by atoms with Crippen LogP contribution in [0, 0.1) is 0 Å². The smallest absolute Gasteiger partial charge is 0.335 e. The molecule has 0 amide bonds. The van der Waals surface area contributed by atoms with Gasteiger partial charge in [-0.1, -0.05) is 12.1 Å². The Kier molecular flexibility index (Phi) is 2.91. The Hall–Kier alpha value is -2.75. The van der Waals surface area contributed by atoms with Crippen molar-refractivity contribution in [3.8, 4) is 0 Å². The van der Waals surface area contributed by atoms with Crippen molar-refractivity contribution in [2.24, 2.45) is 0 Å². The van der Waals surface area contributed by atoms with Gasteiger partial charge in [0.2, 0.25) is 0 Å². The number of hydrogen-bond donors (Lipinski definition) is 2. The molecule has 2 aromatic carbocycles. The second-order valence-electron chi connectivity index (χ2n) is 4.76. The lowest BCUT2D eigenvalue weighted by Crippen LogP contribution is -2.00. The molecule has 0 aliphatic rings. The Labute approximate surface area is 116 Å². The molecule has 3 aromatic rings. The largest absolute Gasteiger partial charge is 0.478 e. The first-order valence-electron chi connectivity index (χ1n) is 6.30. The number of carboxylic acid groups (broad SMARTS) is 1. The van der Waals surface area contributed by atoms with Gasteiger partial charge in [-0.3, -0.25) is 0 Å². The van der Waals surface area contributed by atoms with Gasteiger partial charge in [0.15, 0.2) is 0 Å². The monoisotopic (exact) mass is 266 g/mol. The summed E-state index contributed by atoms with van der Waals surface area (Å²) in [7, 11) is 0. The fourth-order valence-electron chi connectivity index (χ4n) is 2.31. The first kappa shape index (κ1) is 12.3. The number of aromatic nitrogens is 1. The summed E-state index contributed by atoms with van der Waals surface area (Å²) in [4.78, 5) is 10.8. The maximum atomic E-state index is 10.8. The van der Waals surface area contributed by atoms with Crippen LogP contribution in [-0.2, 0) is 6.54 Å². The van der Waals surface area contributed by atoms with Crippen LogP contribution in [-0.4, -0.2) is 15.6 Å². The molecule has 3 rings (SSSR count). The molecule has 0 bridgehead atoms. The molecule has 0 spiro atoms. The number of nitrogens with two attached hydrogens (primary N) is 1. The van der Waals surface area contributed by atoms with Gasteiger partial charge in [-0.05, 0) is 42.0 Å². The molecule has 3 N–H and O–H groups in total. The molecular formula is C16H14N2O2. The molecule has 20 heavy (non-hydrogen) atoms. The van der Waals surface area contributed by atoms with E-state index in [9.17, 15) is 4.79 Å². The lowest BCUT2D eigenvalue weighted by atomic mass is 10.1. The normalized spacial score (nSPS) is 10.8. The zero-order valence-electron chi connectivity index (χ0n) is 10.8. The molecule has 0 aliphatic heterocycles. The SMILES string of the molecule is Nc1ccc2c(ccn2Cc2ccc(C(=O)O)cc2)c1. The van der Waals surface area contributed by atoms with Crippen LogP contribution in [0.3, 0.4) is 0 Å².